The Labute approximate surface area is 98.5 Å². The molecule has 0 aliphatic rings. The topological polar surface area (TPSA) is 57.8 Å². The molecule has 0 aliphatic heterocycles. The van der Waals surface area contributed by atoms with Crippen molar-refractivity contribution in [3.05, 3.63) is 43.5 Å². The number of H-pyrrole nitrogens is 1. The van der Waals surface area contributed by atoms with Gasteiger partial charge in [-0.25, -0.2) is 4.98 Å². The molecule has 0 unspecified atom stereocenters. The first-order valence-corrected chi connectivity index (χ1v) is 5.88. The fourth-order valence-corrected chi connectivity index (χ4v) is 2.52. The van der Waals surface area contributed by atoms with E-state index >= 15 is 0 Å². The van der Waals surface area contributed by atoms with Crippen molar-refractivity contribution in [2.75, 3.05) is 5.32 Å². The van der Waals surface area contributed by atoms with Gasteiger partial charge in [-0.15, -0.1) is 11.3 Å². The van der Waals surface area contributed by atoms with Gasteiger partial charge >= 0.3 is 0 Å². The van der Waals surface area contributed by atoms with Crippen LogP contribution in [-0.2, 0) is 6.54 Å². The summed E-state index contributed by atoms with van der Waals surface area (Å²) < 4.78 is 1.08. The van der Waals surface area contributed by atoms with Gasteiger partial charge < -0.3 is 10.3 Å². The summed E-state index contributed by atoms with van der Waals surface area (Å²) in [5, 5.41) is 2.98. The van der Waals surface area contributed by atoms with E-state index in [9.17, 15) is 4.79 Å². The lowest BCUT2D eigenvalue weighted by Gasteiger charge is -2.00. The van der Waals surface area contributed by atoms with Gasteiger partial charge in [0.15, 0.2) is 5.82 Å². The summed E-state index contributed by atoms with van der Waals surface area (Å²) in [6.45, 7) is 0.608. The fraction of sp³-hybridized carbons (Fsp3) is 0.111. The van der Waals surface area contributed by atoms with Crippen LogP contribution in [0.25, 0.3) is 0 Å². The molecule has 0 amide bonds. The molecule has 78 valence electrons. The minimum Gasteiger partial charge on any atom is -0.361 e. The average molecular weight is 286 g/mol. The monoisotopic (exact) mass is 285 g/mol. The van der Waals surface area contributed by atoms with Crippen LogP contribution < -0.4 is 10.9 Å². The average Bonchev–Trinajstić information content (AvgIpc) is 2.63. The molecule has 0 spiro atoms. The number of nitrogens with zero attached hydrogens (tertiary/aromatic N) is 1. The van der Waals surface area contributed by atoms with Crippen LogP contribution in [-0.4, -0.2) is 9.97 Å². The summed E-state index contributed by atoms with van der Waals surface area (Å²) in [7, 11) is 0. The van der Waals surface area contributed by atoms with Gasteiger partial charge in [0.25, 0.3) is 5.56 Å². The van der Waals surface area contributed by atoms with Crippen molar-refractivity contribution in [3.8, 4) is 0 Å². The van der Waals surface area contributed by atoms with E-state index in [0.29, 0.717) is 12.4 Å². The Morgan fingerprint density at radius 2 is 2.40 bits per heavy atom. The van der Waals surface area contributed by atoms with E-state index in [1.165, 1.54) is 6.20 Å². The van der Waals surface area contributed by atoms with Gasteiger partial charge in [-0.2, -0.15) is 0 Å². The highest BCUT2D eigenvalue weighted by molar-refractivity contribution is 9.11. The Kier molecular flexibility index (Phi) is 3.17. The van der Waals surface area contributed by atoms with Gasteiger partial charge in [0, 0.05) is 17.3 Å². The first kappa shape index (κ1) is 10.4. The van der Waals surface area contributed by atoms with Crippen LogP contribution in [0.1, 0.15) is 4.88 Å². The zero-order chi connectivity index (χ0) is 10.7. The van der Waals surface area contributed by atoms with E-state index in [1.807, 2.05) is 12.1 Å². The highest BCUT2D eigenvalue weighted by Crippen LogP contribution is 2.22. The minimum absolute atomic E-state index is 0.201. The second-order valence-corrected chi connectivity index (χ2v) is 5.37. The van der Waals surface area contributed by atoms with E-state index < -0.39 is 0 Å². The molecule has 6 heteroatoms. The number of nitrogens with one attached hydrogen (secondary N) is 2. The maximum absolute atomic E-state index is 11.3. The number of aromatic amines is 1. The number of hydrogen-bond acceptors (Lipinski definition) is 4. The van der Waals surface area contributed by atoms with Crippen molar-refractivity contribution in [3.63, 3.8) is 0 Å². The molecule has 2 aromatic rings. The standard InChI is InChI=1S/C9H8BrN3OS/c10-7-2-1-6(15-7)5-13-8-9(14)12-4-3-11-8/h1-4H,5H2,(H,11,13)(H,12,14). The van der Waals surface area contributed by atoms with Gasteiger partial charge in [-0.1, -0.05) is 0 Å². The largest absolute Gasteiger partial charge is 0.361 e. The number of rotatable bonds is 3. The molecule has 0 saturated carbocycles. The lowest BCUT2D eigenvalue weighted by molar-refractivity contribution is 1.07. The highest BCUT2D eigenvalue weighted by Gasteiger charge is 2.01. The lowest BCUT2D eigenvalue weighted by atomic mass is 10.4. The number of halogens is 1. The third-order valence-corrected chi connectivity index (χ3v) is 3.39. The SMILES string of the molecule is O=c1[nH]ccnc1NCc1ccc(Br)s1. The van der Waals surface area contributed by atoms with Crippen LogP contribution in [0, 0.1) is 0 Å². The first-order chi connectivity index (χ1) is 7.25. The number of thiophene rings is 1. The van der Waals surface area contributed by atoms with Gasteiger partial charge in [0.1, 0.15) is 0 Å². The number of aromatic nitrogens is 2. The molecule has 2 N–H and O–H groups in total. The Morgan fingerprint density at radius 1 is 1.53 bits per heavy atom. The quantitative estimate of drug-likeness (QED) is 0.909. The number of anilines is 1. The minimum atomic E-state index is -0.201. The Morgan fingerprint density at radius 3 is 3.07 bits per heavy atom. The van der Waals surface area contributed by atoms with Crippen molar-refractivity contribution >= 4 is 33.1 Å². The molecular formula is C9H8BrN3OS. The molecule has 0 atom stereocenters. The van der Waals surface area contributed by atoms with Crippen LogP contribution in [0.4, 0.5) is 5.82 Å². The summed E-state index contributed by atoms with van der Waals surface area (Å²) in [5.41, 5.74) is -0.201. The predicted octanol–water partition coefficient (Wildman–Crippen LogP) is 2.21. The molecule has 2 heterocycles. The lowest BCUT2D eigenvalue weighted by Crippen LogP contribution is -2.14. The first-order valence-electron chi connectivity index (χ1n) is 4.27. The van der Waals surface area contributed by atoms with Gasteiger partial charge in [-0.3, -0.25) is 4.79 Å². The molecule has 0 aliphatic carbocycles. The van der Waals surface area contributed by atoms with E-state index in [1.54, 1.807) is 17.5 Å². The molecule has 0 bridgehead atoms. The summed E-state index contributed by atoms with van der Waals surface area (Å²) in [5.74, 6) is 0.349. The van der Waals surface area contributed by atoms with Gasteiger partial charge in [0.05, 0.1) is 10.3 Å². The summed E-state index contributed by atoms with van der Waals surface area (Å²) in [4.78, 5) is 18.9. The van der Waals surface area contributed by atoms with Crippen molar-refractivity contribution in [1.82, 2.24) is 9.97 Å². The highest BCUT2D eigenvalue weighted by atomic mass is 79.9. The second kappa shape index (κ2) is 4.59. The van der Waals surface area contributed by atoms with E-state index in [0.717, 1.165) is 8.66 Å². The molecular weight excluding hydrogens is 278 g/mol. The predicted molar refractivity (Wildman–Crippen MR) is 64.2 cm³/mol. The van der Waals surface area contributed by atoms with E-state index in [2.05, 4.69) is 31.2 Å². The zero-order valence-corrected chi connectivity index (χ0v) is 10.1. The molecule has 2 aromatic heterocycles. The Balaban J connectivity index is 2.05. The third kappa shape index (κ3) is 2.66. The van der Waals surface area contributed by atoms with Crippen LogP contribution in [0.2, 0.25) is 0 Å². The van der Waals surface area contributed by atoms with Crippen LogP contribution in [0.5, 0.6) is 0 Å². The number of hydrogen-bond donors (Lipinski definition) is 2. The maximum Gasteiger partial charge on any atom is 0.290 e. The molecule has 0 radical (unpaired) electrons. The third-order valence-electron chi connectivity index (χ3n) is 1.77. The van der Waals surface area contributed by atoms with Crippen molar-refractivity contribution in [2.45, 2.75) is 6.54 Å². The molecule has 0 fully saturated rings. The Hall–Kier alpha value is -1.14. The fourth-order valence-electron chi connectivity index (χ4n) is 1.10. The Bertz CT molecular complexity index is 508. The molecule has 0 saturated heterocycles. The van der Waals surface area contributed by atoms with Crippen molar-refractivity contribution < 1.29 is 0 Å². The van der Waals surface area contributed by atoms with Crippen molar-refractivity contribution in [2.24, 2.45) is 0 Å². The van der Waals surface area contributed by atoms with Gasteiger partial charge in [0.2, 0.25) is 0 Å². The van der Waals surface area contributed by atoms with E-state index in [4.69, 9.17) is 0 Å². The molecule has 15 heavy (non-hydrogen) atoms. The molecule has 2 rings (SSSR count). The summed E-state index contributed by atoms with van der Waals surface area (Å²) in [6.07, 6.45) is 3.06. The van der Waals surface area contributed by atoms with Gasteiger partial charge in [-0.05, 0) is 28.1 Å². The summed E-state index contributed by atoms with van der Waals surface area (Å²) in [6, 6.07) is 3.98. The van der Waals surface area contributed by atoms with Crippen LogP contribution in [0.3, 0.4) is 0 Å². The smallest absolute Gasteiger partial charge is 0.290 e. The normalized spacial score (nSPS) is 10.2. The van der Waals surface area contributed by atoms with E-state index in [-0.39, 0.29) is 5.56 Å². The second-order valence-electron chi connectivity index (χ2n) is 2.83. The maximum atomic E-state index is 11.3. The summed E-state index contributed by atoms with van der Waals surface area (Å²) >= 11 is 5.01. The van der Waals surface area contributed by atoms with Crippen molar-refractivity contribution in [1.29, 1.82) is 0 Å². The van der Waals surface area contributed by atoms with Crippen LogP contribution in [0.15, 0.2) is 33.1 Å². The molecule has 4 nitrogen and oxygen atoms in total. The van der Waals surface area contributed by atoms with Crippen LogP contribution >= 0.6 is 27.3 Å². The molecule has 0 aromatic carbocycles. The zero-order valence-electron chi connectivity index (χ0n) is 7.66.